The van der Waals surface area contributed by atoms with Crippen molar-refractivity contribution in [1.82, 2.24) is 9.80 Å². The fourth-order valence-corrected chi connectivity index (χ4v) is 8.75. The first-order valence-corrected chi connectivity index (χ1v) is 20.7. The average Bonchev–Trinajstić information content (AvgIpc) is 3.28. The van der Waals surface area contributed by atoms with E-state index < -0.39 is 45.3 Å². The lowest BCUT2D eigenvalue weighted by molar-refractivity contribution is -0.385. The van der Waals surface area contributed by atoms with Gasteiger partial charge >= 0.3 is 0 Å². The number of fused-ring (bicyclic) bond motifs is 2. The van der Waals surface area contributed by atoms with Crippen LogP contribution in [0.15, 0.2) is 110 Å². The van der Waals surface area contributed by atoms with Gasteiger partial charge in [-0.15, -0.1) is 6.58 Å². The van der Waals surface area contributed by atoms with Gasteiger partial charge in [0.15, 0.2) is 11.4 Å². The van der Waals surface area contributed by atoms with Gasteiger partial charge in [0.1, 0.15) is 11.5 Å². The third-order valence-corrected chi connectivity index (χ3v) is 13.0. The van der Waals surface area contributed by atoms with Crippen LogP contribution >= 0.6 is 0 Å². The molecule has 4 unspecified atom stereocenters. The minimum atomic E-state index is -1.07. The predicted molar refractivity (Wildman–Crippen MR) is 239 cm³/mol. The second-order valence-corrected chi connectivity index (χ2v) is 17.4. The molecule has 0 aliphatic carbocycles. The number of allylic oxidation sites excluding steroid dienone is 5. The highest BCUT2D eigenvalue weighted by atomic mass is 16.6. The lowest BCUT2D eigenvalue weighted by Crippen LogP contribution is -2.63. The van der Waals surface area contributed by atoms with Crippen LogP contribution in [0.3, 0.4) is 0 Å². The van der Waals surface area contributed by atoms with Crippen molar-refractivity contribution in [3.05, 3.63) is 163 Å². The number of rotatable bonds is 14. The quantitative estimate of drug-likeness (QED) is 0.0912. The molecule has 0 amide bonds. The van der Waals surface area contributed by atoms with Crippen LogP contribution < -0.4 is 9.47 Å². The number of nitrogens with zero attached hydrogens (tertiary/aromatic N) is 4. The molecule has 3 aliphatic heterocycles. The number of non-ortho nitro benzene ring substituents is 2. The second-order valence-electron chi connectivity index (χ2n) is 17.4. The van der Waals surface area contributed by atoms with Crippen LogP contribution in [0.2, 0.25) is 0 Å². The van der Waals surface area contributed by atoms with E-state index >= 15 is 0 Å². The summed E-state index contributed by atoms with van der Waals surface area (Å²) in [7, 11) is 0. The summed E-state index contributed by atoms with van der Waals surface area (Å²) in [6.07, 6.45) is 22.7. The van der Waals surface area contributed by atoms with Gasteiger partial charge in [0.05, 0.1) is 23.1 Å². The zero-order valence-corrected chi connectivity index (χ0v) is 36.2. The number of benzene rings is 3. The fraction of sp³-hybridized carbons (Fsp3) is 0.388. The summed E-state index contributed by atoms with van der Waals surface area (Å²) in [5, 5.41) is 44.4. The highest BCUT2D eigenvalue weighted by molar-refractivity contribution is 5.68. The van der Waals surface area contributed by atoms with Crippen molar-refractivity contribution in [2.24, 2.45) is 16.7 Å². The lowest BCUT2D eigenvalue weighted by Gasteiger charge is -2.54. The number of aliphatic hydroxyl groups excluding tert-OH is 2. The number of hydrogen-bond donors (Lipinski definition) is 2. The van der Waals surface area contributed by atoms with Crippen LogP contribution in [0.1, 0.15) is 88.3 Å². The van der Waals surface area contributed by atoms with E-state index in [0.29, 0.717) is 59.8 Å². The highest BCUT2D eigenvalue weighted by Crippen LogP contribution is 2.52. The topological polar surface area (TPSA) is 152 Å². The van der Waals surface area contributed by atoms with Gasteiger partial charge < -0.3 is 19.7 Å². The fourth-order valence-electron chi connectivity index (χ4n) is 8.75. The standard InChI is InChI=1S/C49H58N4O8/c1-9-11-22-46(5,6)48(23-20-38-26-42(52(56)57)28-40(32-54)44(38)60-48)51(35(4)10-2)31-37-18-16-36(17-19-37)30-50-25-14-12-13-15-34(3)47(7,8)49(50)24-21-39-27-43(53(58)59)29-41(33-55)45(39)61-49/h9-21,23-24,26-29,34-35,54-55H,2,22,25,30-33H2,1,3-8H3/b11-9-,14-12-,15-13-. The minimum Gasteiger partial charge on any atom is -0.467 e. The number of nitro benzene ring substituents is 2. The van der Waals surface area contributed by atoms with Crippen LogP contribution in [-0.2, 0) is 26.3 Å². The van der Waals surface area contributed by atoms with Gasteiger partial charge in [-0.05, 0) is 61.6 Å². The zero-order chi connectivity index (χ0) is 44.3. The molecule has 3 aliphatic rings. The van der Waals surface area contributed by atoms with Crippen molar-refractivity contribution >= 4 is 23.5 Å². The molecule has 0 radical (unpaired) electrons. The second kappa shape index (κ2) is 17.7. The van der Waals surface area contributed by atoms with Crippen molar-refractivity contribution in [1.29, 1.82) is 0 Å². The molecule has 0 bridgehead atoms. The first-order valence-electron chi connectivity index (χ1n) is 20.7. The Morgan fingerprint density at radius 2 is 1.51 bits per heavy atom. The van der Waals surface area contributed by atoms with Crippen molar-refractivity contribution in [2.75, 3.05) is 6.54 Å². The summed E-state index contributed by atoms with van der Waals surface area (Å²) in [4.78, 5) is 27.2. The largest absolute Gasteiger partial charge is 0.467 e. The van der Waals surface area contributed by atoms with Crippen LogP contribution in [-0.4, -0.2) is 53.9 Å². The third kappa shape index (κ3) is 8.37. The maximum absolute atomic E-state index is 11.8. The predicted octanol–water partition coefficient (Wildman–Crippen LogP) is 10.1. The number of ether oxygens (including phenoxy) is 2. The SMILES string of the molecule is C=CC(C)N(Cc1ccc(CN2C/C=C\C=C/C(C)C(C)(C)C23C=Cc2cc([N+](=O)[O-])cc(CO)c2O3)cc1)C1(C(C)(C)C/C=C\C)C=Cc2cc([N+](=O)[O-])cc(CO)c2O1. The maximum atomic E-state index is 11.8. The Balaban J connectivity index is 1.38. The van der Waals surface area contributed by atoms with E-state index in [-0.39, 0.29) is 23.3 Å². The Morgan fingerprint density at radius 3 is 2.07 bits per heavy atom. The molecule has 1 spiro atoms. The number of hydrogen-bond acceptors (Lipinski definition) is 10. The molecule has 12 nitrogen and oxygen atoms in total. The van der Waals surface area contributed by atoms with E-state index in [1.165, 1.54) is 24.3 Å². The average molecular weight is 831 g/mol. The van der Waals surface area contributed by atoms with Crippen molar-refractivity contribution in [3.63, 3.8) is 0 Å². The summed E-state index contributed by atoms with van der Waals surface area (Å²) in [5.41, 5.74) is 0.421. The van der Waals surface area contributed by atoms with Crippen molar-refractivity contribution in [2.45, 2.75) is 98.7 Å². The molecule has 0 fully saturated rings. The number of nitro groups is 2. The van der Waals surface area contributed by atoms with Crippen LogP contribution in [0.25, 0.3) is 12.2 Å². The molecule has 0 aromatic heterocycles. The van der Waals surface area contributed by atoms with E-state index in [0.717, 1.165) is 11.1 Å². The van der Waals surface area contributed by atoms with Gasteiger partial charge in [0.2, 0.25) is 0 Å². The molecular weight excluding hydrogens is 773 g/mol. The smallest absolute Gasteiger partial charge is 0.270 e. The van der Waals surface area contributed by atoms with E-state index in [2.05, 4.69) is 106 Å². The molecule has 3 heterocycles. The molecule has 61 heavy (non-hydrogen) atoms. The van der Waals surface area contributed by atoms with Gasteiger partial charge in [-0.25, -0.2) is 0 Å². The van der Waals surface area contributed by atoms with Crippen LogP contribution in [0, 0.1) is 37.0 Å². The monoisotopic (exact) mass is 830 g/mol. The summed E-state index contributed by atoms with van der Waals surface area (Å²) in [6, 6.07) is 14.0. The Hall–Kier alpha value is -5.66. The Kier molecular flexibility index (Phi) is 13.1. The third-order valence-electron chi connectivity index (χ3n) is 13.0. The Bertz CT molecular complexity index is 2310. The van der Waals surface area contributed by atoms with E-state index in [1.54, 1.807) is 0 Å². The summed E-state index contributed by atoms with van der Waals surface area (Å²) >= 11 is 0. The Labute approximate surface area is 358 Å². The number of aliphatic hydroxyl groups is 2. The van der Waals surface area contributed by atoms with Gasteiger partial charge in [-0.1, -0.05) is 101 Å². The normalized spacial score (nSPS) is 23.5. The van der Waals surface area contributed by atoms with Gasteiger partial charge in [0.25, 0.3) is 11.4 Å². The molecular formula is C49H58N4O8. The first-order chi connectivity index (χ1) is 29.0. The highest BCUT2D eigenvalue weighted by Gasteiger charge is 2.55. The molecule has 12 heteroatoms. The van der Waals surface area contributed by atoms with E-state index in [1.807, 2.05) is 49.5 Å². The van der Waals surface area contributed by atoms with Crippen molar-refractivity contribution < 1.29 is 29.5 Å². The molecule has 6 rings (SSSR count). The molecule has 2 N–H and O–H groups in total. The zero-order valence-electron chi connectivity index (χ0n) is 36.2. The molecule has 322 valence electrons. The maximum Gasteiger partial charge on any atom is 0.270 e. The van der Waals surface area contributed by atoms with Crippen molar-refractivity contribution in [3.8, 4) is 11.5 Å². The minimum absolute atomic E-state index is 0.0377. The molecule has 0 saturated heterocycles. The van der Waals surface area contributed by atoms with Crippen LogP contribution in [0.5, 0.6) is 11.5 Å². The Morgan fingerprint density at radius 1 is 0.934 bits per heavy atom. The van der Waals surface area contributed by atoms with Crippen LogP contribution in [0.4, 0.5) is 11.4 Å². The molecule has 0 saturated carbocycles. The lowest BCUT2D eigenvalue weighted by atomic mass is 9.69. The van der Waals surface area contributed by atoms with E-state index in [4.69, 9.17) is 9.47 Å². The first kappa shape index (κ1) is 44.9. The summed E-state index contributed by atoms with van der Waals surface area (Å²) in [5.74, 6) is 0.874. The van der Waals surface area contributed by atoms with Gasteiger partial charge in [-0.3, -0.25) is 30.0 Å². The summed E-state index contributed by atoms with van der Waals surface area (Å²) < 4.78 is 14.2. The van der Waals surface area contributed by atoms with E-state index in [9.17, 15) is 30.4 Å². The molecule has 4 atom stereocenters. The molecule has 3 aromatic rings. The van der Waals surface area contributed by atoms with Gasteiger partial charge in [-0.2, -0.15) is 0 Å². The van der Waals surface area contributed by atoms with Gasteiger partial charge in [0, 0.05) is 83.0 Å². The summed E-state index contributed by atoms with van der Waals surface area (Å²) in [6.45, 7) is 19.6. The molecule has 3 aromatic carbocycles.